The molecule has 6 nitrogen and oxygen atoms in total. The molecule has 0 bridgehead atoms. The molecule has 0 aromatic carbocycles. The Hall–Kier alpha value is -1.82. The Bertz CT molecular complexity index is 423. The summed E-state index contributed by atoms with van der Waals surface area (Å²) in [6.07, 6.45) is 0. The van der Waals surface area contributed by atoms with E-state index in [2.05, 4.69) is 9.47 Å². The number of furan rings is 1. The predicted octanol–water partition coefficient (Wildman–Crippen LogP) is 0.590. The van der Waals surface area contributed by atoms with Crippen molar-refractivity contribution in [3.63, 3.8) is 0 Å². The molecule has 1 atom stereocenters. The zero-order valence-electron chi connectivity index (χ0n) is 9.98. The fourth-order valence-corrected chi connectivity index (χ4v) is 1.46. The first kappa shape index (κ1) is 13.2. The van der Waals surface area contributed by atoms with Gasteiger partial charge in [0, 0.05) is 6.54 Å². The van der Waals surface area contributed by atoms with Crippen LogP contribution in [0, 0.1) is 6.92 Å². The van der Waals surface area contributed by atoms with E-state index in [9.17, 15) is 9.59 Å². The maximum Gasteiger partial charge on any atom is 0.341 e. The van der Waals surface area contributed by atoms with Gasteiger partial charge < -0.3 is 19.6 Å². The van der Waals surface area contributed by atoms with Gasteiger partial charge in [-0.15, -0.1) is 0 Å². The van der Waals surface area contributed by atoms with Gasteiger partial charge in [-0.2, -0.15) is 0 Å². The molecule has 94 valence electrons. The summed E-state index contributed by atoms with van der Waals surface area (Å²) in [4.78, 5) is 22.8. The number of carbonyl (C=O) groups excluding carboxylic acids is 2. The van der Waals surface area contributed by atoms with E-state index in [0.29, 0.717) is 11.5 Å². The third kappa shape index (κ3) is 2.65. The highest BCUT2D eigenvalue weighted by molar-refractivity contribution is 5.91. The highest BCUT2D eigenvalue weighted by atomic mass is 16.5. The number of methoxy groups -OCH3 is 2. The summed E-state index contributed by atoms with van der Waals surface area (Å²) >= 11 is 0. The molecule has 0 aliphatic rings. The fourth-order valence-electron chi connectivity index (χ4n) is 1.46. The standard InChI is InChI=1S/C11H15NO5/c1-6-7(10(13)15-2)4-9(17-6)8(5-12)11(14)16-3/h4,8H,5,12H2,1-3H3. The van der Waals surface area contributed by atoms with Crippen LogP contribution >= 0.6 is 0 Å². The Kier molecular flexibility index (Phi) is 4.28. The average molecular weight is 241 g/mol. The van der Waals surface area contributed by atoms with Gasteiger partial charge in [-0.05, 0) is 13.0 Å². The van der Waals surface area contributed by atoms with Crippen molar-refractivity contribution in [3.8, 4) is 0 Å². The molecule has 0 aliphatic heterocycles. The quantitative estimate of drug-likeness (QED) is 0.775. The van der Waals surface area contributed by atoms with E-state index in [0.717, 1.165) is 0 Å². The maximum atomic E-state index is 11.4. The van der Waals surface area contributed by atoms with Crippen molar-refractivity contribution in [3.05, 3.63) is 23.2 Å². The Morgan fingerprint density at radius 2 is 2.06 bits per heavy atom. The molecule has 1 rings (SSSR count). The Morgan fingerprint density at radius 3 is 2.53 bits per heavy atom. The van der Waals surface area contributed by atoms with Gasteiger partial charge in [-0.1, -0.05) is 0 Å². The van der Waals surface area contributed by atoms with Crippen molar-refractivity contribution in [2.45, 2.75) is 12.8 Å². The number of rotatable bonds is 4. The molecule has 17 heavy (non-hydrogen) atoms. The van der Waals surface area contributed by atoms with Crippen LogP contribution in [0.2, 0.25) is 0 Å². The normalized spacial score (nSPS) is 12.0. The first-order valence-corrected chi connectivity index (χ1v) is 5.01. The van der Waals surface area contributed by atoms with Crippen molar-refractivity contribution >= 4 is 11.9 Å². The SMILES string of the molecule is COC(=O)c1cc(C(CN)C(=O)OC)oc1C. The highest BCUT2D eigenvalue weighted by Crippen LogP contribution is 2.23. The monoisotopic (exact) mass is 241 g/mol. The van der Waals surface area contributed by atoms with Crippen LogP contribution in [0.5, 0.6) is 0 Å². The topological polar surface area (TPSA) is 91.8 Å². The molecule has 0 radical (unpaired) electrons. The average Bonchev–Trinajstić information content (AvgIpc) is 2.70. The van der Waals surface area contributed by atoms with Gasteiger partial charge in [0.2, 0.25) is 0 Å². The number of aryl methyl sites for hydroxylation is 1. The maximum absolute atomic E-state index is 11.4. The summed E-state index contributed by atoms with van der Waals surface area (Å²) in [5.74, 6) is -1.04. The molecule has 1 heterocycles. The number of esters is 2. The second kappa shape index (κ2) is 5.49. The minimum absolute atomic E-state index is 0.0419. The van der Waals surface area contributed by atoms with Crippen LogP contribution in [0.1, 0.15) is 27.8 Å². The Balaban J connectivity index is 3.07. The van der Waals surface area contributed by atoms with Gasteiger partial charge in [0.15, 0.2) is 0 Å². The van der Waals surface area contributed by atoms with E-state index in [4.69, 9.17) is 10.2 Å². The molecule has 2 N–H and O–H groups in total. The van der Waals surface area contributed by atoms with Gasteiger partial charge in [0.1, 0.15) is 23.0 Å². The highest BCUT2D eigenvalue weighted by Gasteiger charge is 2.26. The van der Waals surface area contributed by atoms with Crippen molar-refractivity contribution in [2.24, 2.45) is 5.73 Å². The lowest BCUT2D eigenvalue weighted by atomic mass is 10.1. The van der Waals surface area contributed by atoms with Gasteiger partial charge in [0.05, 0.1) is 14.2 Å². The van der Waals surface area contributed by atoms with E-state index in [-0.39, 0.29) is 12.1 Å². The molecule has 1 unspecified atom stereocenters. The third-order valence-corrected chi connectivity index (χ3v) is 2.41. The molecule has 1 aromatic heterocycles. The Labute approximate surface area is 98.7 Å². The van der Waals surface area contributed by atoms with Crippen LogP contribution in [0.3, 0.4) is 0 Å². The van der Waals surface area contributed by atoms with Crippen molar-refractivity contribution in [1.82, 2.24) is 0 Å². The van der Waals surface area contributed by atoms with Gasteiger partial charge in [-0.25, -0.2) is 4.79 Å². The number of ether oxygens (including phenoxy) is 2. The van der Waals surface area contributed by atoms with E-state index in [1.165, 1.54) is 20.3 Å². The van der Waals surface area contributed by atoms with E-state index in [1.54, 1.807) is 6.92 Å². The number of carbonyl (C=O) groups is 2. The van der Waals surface area contributed by atoms with E-state index in [1.807, 2.05) is 0 Å². The minimum atomic E-state index is -0.711. The molecule has 0 saturated carbocycles. The molecule has 6 heteroatoms. The largest absolute Gasteiger partial charge is 0.468 e. The Morgan fingerprint density at radius 1 is 1.41 bits per heavy atom. The smallest absolute Gasteiger partial charge is 0.341 e. The second-order valence-corrected chi connectivity index (χ2v) is 3.42. The second-order valence-electron chi connectivity index (χ2n) is 3.42. The van der Waals surface area contributed by atoms with Gasteiger partial charge in [0.25, 0.3) is 0 Å². The van der Waals surface area contributed by atoms with Crippen molar-refractivity contribution < 1.29 is 23.5 Å². The summed E-state index contributed by atoms with van der Waals surface area (Å²) in [6.45, 7) is 1.65. The van der Waals surface area contributed by atoms with Crippen LogP contribution in [0.4, 0.5) is 0 Å². The molecular formula is C11H15NO5. The summed E-state index contributed by atoms with van der Waals surface area (Å²) in [5, 5.41) is 0. The van der Waals surface area contributed by atoms with Gasteiger partial charge >= 0.3 is 11.9 Å². The predicted molar refractivity (Wildman–Crippen MR) is 58.6 cm³/mol. The fraction of sp³-hybridized carbons (Fsp3) is 0.455. The number of nitrogens with two attached hydrogens (primary N) is 1. The van der Waals surface area contributed by atoms with Crippen LogP contribution in [0.15, 0.2) is 10.5 Å². The van der Waals surface area contributed by atoms with E-state index < -0.39 is 17.9 Å². The summed E-state index contributed by atoms with van der Waals surface area (Å²) < 4.78 is 14.5. The molecular weight excluding hydrogens is 226 g/mol. The van der Waals surface area contributed by atoms with Crippen LogP contribution in [0.25, 0.3) is 0 Å². The first-order chi connectivity index (χ1) is 8.04. The zero-order valence-corrected chi connectivity index (χ0v) is 9.98. The molecule has 0 amide bonds. The molecule has 0 saturated heterocycles. The molecule has 0 spiro atoms. The van der Waals surface area contributed by atoms with Gasteiger partial charge in [-0.3, -0.25) is 4.79 Å². The number of hydrogen-bond acceptors (Lipinski definition) is 6. The zero-order chi connectivity index (χ0) is 13.0. The van der Waals surface area contributed by atoms with Crippen LogP contribution < -0.4 is 5.73 Å². The molecule has 0 aliphatic carbocycles. The number of hydrogen-bond donors (Lipinski definition) is 1. The first-order valence-electron chi connectivity index (χ1n) is 5.01. The van der Waals surface area contributed by atoms with Crippen LogP contribution in [-0.2, 0) is 14.3 Å². The summed E-state index contributed by atoms with van der Waals surface area (Å²) in [7, 11) is 2.54. The lowest BCUT2D eigenvalue weighted by molar-refractivity contribution is -0.142. The summed E-state index contributed by atoms with van der Waals surface area (Å²) in [5.41, 5.74) is 5.75. The van der Waals surface area contributed by atoms with Crippen molar-refractivity contribution in [1.29, 1.82) is 0 Å². The lowest BCUT2D eigenvalue weighted by Gasteiger charge is -2.08. The van der Waals surface area contributed by atoms with Crippen LogP contribution in [-0.4, -0.2) is 32.7 Å². The van der Waals surface area contributed by atoms with E-state index >= 15 is 0 Å². The molecule has 1 aromatic rings. The summed E-state index contributed by atoms with van der Waals surface area (Å²) in [6, 6.07) is 1.45. The van der Waals surface area contributed by atoms with Crippen molar-refractivity contribution in [2.75, 3.05) is 20.8 Å². The third-order valence-electron chi connectivity index (χ3n) is 2.41. The lowest BCUT2D eigenvalue weighted by Crippen LogP contribution is -2.22. The minimum Gasteiger partial charge on any atom is -0.468 e. The molecule has 0 fully saturated rings.